The summed E-state index contributed by atoms with van der Waals surface area (Å²) in [5, 5.41) is 3.05. The zero-order chi connectivity index (χ0) is 19.5. The molecule has 0 aromatic carbocycles. The molecule has 152 valence electrons. The minimum Gasteiger partial charge on any atom is -0.380 e. The normalized spacial score (nSPS) is 29.5. The quantitative estimate of drug-likeness (QED) is 0.848. The zero-order valence-electron chi connectivity index (χ0n) is 15.5. The van der Waals surface area contributed by atoms with Crippen LogP contribution in [0.4, 0.5) is 19.1 Å². The minimum atomic E-state index is -4.50. The summed E-state index contributed by atoms with van der Waals surface area (Å²) >= 11 is 0. The van der Waals surface area contributed by atoms with Crippen molar-refractivity contribution in [3.05, 3.63) is 17.0 Å². The van der Waals surface area contributed by atoms with Gasteiger partial charge in [-0.05, 0) is 38.5 Å². The van der Waals surface area contributed by atoms with Gasteiger partial charge in [0.2, 0.25) is 11.9 Å². The summed E-state index contributed by atoms with van der Waals surface area (Å²) in [6.07, 6.45) is -0.0493. The monoisotopic (exact) mass is 396 g/mol. The van der Waals surface area contributed by atoms with E-state index in [2.05, 4.69) is 15.3 Å². The van der Waals surface area contributed by atoms with Gasteiger partial charge in [0.25, 0.3) is 0 Å². The number of carbonyl (C=O) groups excluding carboxylic acids is 1. The predicted molar refractivity (Wildman–Crippen MR) is 93.8 cm³/mol. The Hall–Kier alpha value is -1.90. The van der Waals surface area contributed by atoms with Gasteiger partial charge in [0.05, 0.1) is 18.6 Å². The van der Waals surface area contributed by atoms with E-state index in [0.717, 1.165) is 25.7 Å². The fourth-order valence-electron chi connectivity index (χ4n) is 4.72. The summed E-state index contributed by atoms with van der Waals surface area (Å²) in [7, 11) is 0. The van der Waals surface area contributed by atoms with Gasteiger partial charge in [-0.15, -0.1) is 0 Å². The number of rotatable bonds is 3. The summed E-state index contributed by atoms with van der Waals surface area (Å²) in [6.45, 7) is 1.47. The first-order chi connectivity index (χ1) is 13.4. The highest BCUT2D eigenvalue weighted by molar-refractivity contribution is 5.85. The number of aryl methyl sites for hydroxylation is 1. The molecule has 1 saturated carbocycles. The maximum atomic E-state index is 13.6. The zero-order valence-corrected chi connectivity index (χ0v) is 15.5. The van der Waals surface area contributed by atoms with Gasteiger partial charge < -0.3 is 15.0 Å². The van der Waals surface area contributed by atoms with Gasteiger partial charge in [-0.25, -0.2) is 9.97 Å². The van der Waals surface area contributed by atoms with E-state index in [0.29, 0.717) is 44.8 Å². The molecule has 0 bridgehead atoms. The second-order valence-electron chi connectivity index (χ2n) is 8.50. The number of alkyl halides is 3. The fourth-order valence-corrected chi connectivity index (χ4v) is 4.72. The van der Waals surface area contributed by atoms with Crippen molar-refractivity contribution in [3.8, 4) is 0 Å². The van der Waals surface area contributed by atoms with Crippen molar-refractivity contribution in [1.82, 2.24) is 15.3 Å². The number of carbonyl (C=O) groups is 1. The number of fused-ring (bicyclic) bond motifs is 2. The summed E-state index contributed by atoms with van der Waals surface area (Å²) < 4.78 is 46.5. The number of amides is 1. The van der Waals surface area contributed by atoms with E-state index in [9.17, 15) is 18.0 Å². The number of hydrogen-bond acceptors (Lipinski definition) is 5. The Morgan fingerprint density at radius 2 is 2.00 bits per heavy atom. The Balaban J connectivity index is 1.47. The third-order valence-electron chi connectivity index (χ3n) is 6.46. The summed E-state index contributed by atoms with van der Waals surface area (Å²) in [5.41, 5.74) is -0.781. The van der Waals surface area contributed by atoms with Crippen molar-refractivity contribution in [2.75, 3.05) is 31.2 Å². The molecule has 6 nitrogen and oxygen atoms in total. The van der Waals surface area contributed by atoms with Gasteiger partial charge >= 0.3 is 6.18 Å². The van der Waals surface area contributed by atoms with Crippen LogP contribution in [0.25, 0.3) is 0 Å². The molecular weight excluding hydrogens is 373 g/mol. The lowest BCUT2D eigenvalue weighted by molar-refractivity contribution is -0.142. The molecular formula is C19H23F3N4O2. The van der Waals surface area contributed by atoms with Crippen molar-refractivity contribution in [2.45, 2.75) is 50.7 Å². The van der Waals surface area contributed by atoms with E-state index in [-0.39, 0.29) is 29.4 Å². The Kier molecular flexibility index (Phi) is 4.08. The first-order valence-electron chi connectivity index (χ1n) is 9.97. The van der Waals surface area contributed by atoms with Gasteiger partial charge in [0.1, 0.15) is 0 Å². The molecule has 1 aromatic heterocycles. The van der Waals surface area contributed by atoms with E-state index < -0.39 is 17.3 Å². The molecule has 2 saturated heterocycles. The van der Waals surface area contributed by atoms with Crippen molar-refractivity contribution < 1.29 is 22.7 Å². The van der Waals surface area contributed by atoms with Crippen molar-refractivity contribution >= 4 is 11.9 Å². The third kappa shape index (κ3) is 2.94. The third-order valence-corrected chi connectivity index (χ3v) is 6.46. The largest absolute Gasteiger partial charge is 0.433 e. The van der Waals surface area contributed by atoms with Crippen molar-refractivity contribution in [3.63, 3.8) is 0 Å². The highest BCUT2D eigenvalue weighted by Gasteiger charge is 2.57. The SMILES string of the molecule is O=C(NC1CC1)[C@@]12COC[C@@H]1CN(c1nc3c(c(C(F)(F)F)n1)CCCC3)C2. The molecule has 0 unspecified atom stereocenters. The summed E-state index contributed by atoms with van der Waals surface area (Å²) in [4.78, 5) is 23.1. The van der Waals surface area contributed by atoms with Crippen LogP contribution in [0.1, 0.15) is 42.6 Å². The molecule has 3 fully saturated rings. The van der Waals surface area contributed by atoms with Gasteiger partial charge in [0.15, 0.2) is 5.69 Å². The summed E-state index contributed by atoms with van der Waals surface area (Å²) in [5.74, 6) is -0.00445. The molecule has 1 N–H and O–H groups in total. The van der Waals surface area contributed by atoms with E-state index in [1.807, 2.05) is 0 Å². The molecule has 0 radical (unpaired) electrons. The first-order valence-corrected chi connectivity index (χ1v) is 9.97. The molecule has 1 amide bonds. The lowest BCUT2D eigenvalue weighted by atomic mass is 9.80. The van der Waals surface area contributed by atoms with E-state index in [1.54, 1.807) is 4.90 Å². The standard InChI is InChI=1S/C19H23F3N4O2/c20-19(21,22)15-13-3-1-2-4-14(13)24-17(25-15)26-7-11-8-28-10-18(11,9-26)16(27)23-12-5-6-12/h11-12H,1-10H2,(H,23,27)/t11-,18-/m0/s1. The topological polar surface area (TPSA) is 67.3 Å². The van der Waals surface area contributed by atoms with Crippen LogP contribution in [-0.4, -0.2) is 48.2 Å². The highest BCUT2D eigenvalue weighted by Crippen LogP contribution is 2.44. The van der Waals surface area contributed by atoms with E-state index in [1.165, 1.54) is 0 Å². The molecule has 4 aliphatic rings. The van der Waals surface area contributed by atoms with Gasteiger partial charge in [-0.2, -0.15) is 13.2 Å². The average Bonchev–Trinajstić information content (AvgIpc) is 3.24. The number of aromatic nitrogens is 2. The molecule has 5 rings (SSSR count). The number of hydrogen-bond donors (Lipinski definition) is 1. The Morgan fingerprint density at radius 1 is 1.21 bits per heavy atom. The van der Waals surface area contributed by atoms with Gasteiger partial charge in [0, 0.05) is 36.3 Å². The number of halogens is 3. The molecule has 2 aliphatic carbocycles. The Bertz CT molecular complexity index is 811. The van der Waals surface area contributed by atoms with Crippen LogP contribution >= 0.6 is 0 Å². The van der Waals surface area contributed by atoms with Crippen LogP contribution in [-0.2, 0) is 28.5 Å². The Labute approximate surface area is 160 Å². The highest BCUT2D eigenvalue weighted by atomic mass is 19.4. The summed E-state index contributed by atoms with van der Waals surface area (Å²) in [6, 6.07) is 0.231. The van der Waals surface area contributed by atoms with Crippen LogP contribution in [0.15, 0.2) is 0 Å². The second kappa shape index (κ2) is 6.30. The molecule has 3 heterocycles. The second-order valence-corrected chi connectivity index (χ2v) is 8.50. The first kappa shape index (κ1) is 18.1. The fraction of sp³-hybridized carbons (Fsp3) is 0.737. The lowest BCUT2D eigenvalue weighted by Gasteiger charge is -2.27. The Morgan fingerprint density at radius 3 is 2.75 bits per heavy atom. The number of nitrogens with zero attached hydrogens (tertiary/aromatic N) is 3. The minimum absolute atomic E-state index is 0.0472. The average molecular weight is 396 g/mol. The van der Waals surface area contributed by atoms with Gasteiger partial charge in [-0.3, -0.25) is 4.79 Å². The van der Waals surface area contributed by atoms with Crippen molar-refractivity contribution in [1.29, 1.82) is 0 Å². The molecule has 1 aromatic rings. The van der Waals surface area contributed by atoms with E-state index >= 15 is 0 Å². The number of nitrogens with one attached hydrogen (secondary N) is 1. The number of anilines is 1. The van der Waals surface area contributed by atoms with E-state index in [4.69, 9.17) is 4.74 Å². The van der Waals surface area contributed by atoms with Crippen LogP contribution < -0.4 is 10.2 Å². The molecule has 2 atom stereocenters. The maximum absolute atomic E-state index is 13.6. The molecule has 0 spiro atoms. The van der Waals surface area contributed by atoms with Crippen molar-refractivity contribution in [2.24, 2.45) is 11.3 Å². The lowest BCUT2D eigenvalue weighted by Crippen LogP contribution is -2.47. The van der Waals surface area contributed by atoms with Gasteiger partial charge in [-0.1, -0.05) is 0 Å². The van der Waals surface area contributed by atoms with Crippen LogP contribution in [0.3, 0.4) is 0 Å². The molecule has 28 heavy (non-hydrogen) atoms. The van der Waals surface area contributed by atoms with Crippen LogP contribution in [0.2, 0.25) is 0 Å². The molecule has 2 aliphatic heterocycles. The smallest absolute Gasteiger partial charge is 0.380 e. The van der Waals surface area contributed by atoms with Crippen LogP contribution in [0, 0.1) is 11.3 Å². The number of ether oxygens (including phenoxy) is 1. The maximum Gasteiger partial charge on any atom is 0.433 e. The predicted octanol–water partition coefficient (Wildman–Crippen LogP) is 2.11. The molecule has 9 heteroatoms. The van der Waals surface area contributed by atoms with Crippen LogP contribution in [0.5, 0.6) is 0 Å².